The van der Waals surface area contributed by atoms with Gasteiger partial charge in [-0.1, -0.05) is 0 Å². The molecule has 4 aromatic rings. The Balaban J connectivity index is 1.61. The van der Waals surface area contributed by atoms with Gasteiger partial charge in [0.25, 0.3) is 0 Å². The summed E-state index contributed by atoms with van der Waals surface area (Å²) in [6.45, 7) is 2.61. The second-order valence-electron chi connectivity index (χ2n) is 5.45. The van der Waals surface area contributed by atoms with Gasteiger partial charge in [-0.05, 0) is 49.4 Å². The highest BCUT2D eigenvalue weighted by molar-refractivity contribution is 5.92. The molecule has 0 aliphatic rings. The molecule has 25 heavy (non-hydrogen) atoms. The van der Waals surface area contributed by atoms with Crippen LogP contribution < -0.4 is 10.1 Å². The second-order valence-corrected chi connectivity index (χ2v) is 5.45. The van der Waals surface area contributed by atoms with E-state index in [1.807, 2.05) is 55.6 Å². The zero-order valence-corrected chi connectivity index (χ0v) is 13.7. The van der Waals surface area contributed by atoms with Gasteiger partial charge in [-0.2, -0.15) is 0 Å². The zero-order valence-electron chi connectivity index (χ0n) is 13.7. The van der Waals surface area contributed by atoms with Crippen LogP contribution in [-0.4, -0.2) is 26.5 Å². The van der Waals surface area contributed by atoms with Crippen LogP contribution in [0.4, 0.5) is 11.6 Å². The average molecular weight is 331 g/mol. The lowest BCUT2D eigenvalue weighted by Gasteiger charge is -2.07. The molecular formula is C19H17N5O. The fraction of sp³-hybridized carbons (Fsp3) is 0.105. The fourth-order valence-corrected chi connectivity index (χ4v) is 2.67. The summed E-state index contributed by atoms with van der Waals surface area (Å²) in [5.74, 6) is 1.38. The summed E-state index contributed by atoms with van der Waals surface area (Å²) < 4.78 is 5.45. The molecule has 6 heteroatoms. The molecule has 1 aromatic carbocycles. The number of rotatable bonds is 5. The molecule has 0 saturated heterocycles. The van der Waals surface area contributed by atoms with Crippen LogP contribution in [0.25, 0.3) is 22.3 Å². The summed E-state index contributed by atoms with van der Waals surface area (Å²) >= 11 is 0. The van der Waals surface area contributed by atoms with E-state index in [2.05, 4.69) is 25.3 Å². The SMILES string of the molecule is CCOc1ccc(Nc2nccc(-c3c[nH]c4ncccc34)n2)cc1. The maximum absolute atomic E-state index is 5.45. The number of nitrogens with zero attached hydrogens (tertiary/aromatic N) is 3. The summed E-state index contributed by atoms with van der Waals surface area (Å²) in [6.07, 6.45) is 5.43. The Morgan fingerprint density at radius 3 is 2.76 bits per heavy atom. The Morgan fingerprint density at radius 2 is 1.92 bits per heavy atom. The minimum absolute atomic E-state index is 0.542. The number of pyridine rings is 1. The van der Waals surface area contributed by atoms with Gasteiger partial charge in [0.1, 0.15) is 11.4 Å². The summed E-state index contributed by atoms with van der Waals surface area (Å²) in [5, 5.41) is 4.26. The molecule has 0 radical (unpaired) electrons. The van der Waals surface area contributed by atoms with Gasteiger partial charge < -0.3 is 15.0 Å². The molecule has 0 spiro atoms. The molecule has 3 aromatic heterocycles. The molecule has 2 N–H and O–H groups in total. The Hall–Kier alpha value is -3.41. The van der Waals surface area contributed by atoms with Gasteiger partial charge in [0.2, 0.25) is 5.95 Å². The highest BCUT2D eigenvalue weighted by Gasteiger charge is 2.09. The first kappa shape index (κ1) is 15.1. The first-order valence-corrected chi connectivity index (χ1v) is 8.09. The molecule has 124 valence electrons. The highest BCUT2D eigenvalue weighted by Crippen LogP contribution is 2.27. The Kier molecular flexibility index (Phi) is 4.00. The molecule has 0 bridgehead atoms. The molecule has 4 rings (SSSR count). The minimum atomic E-state index is 0.542. The quantitative estimate of drug-likeness (QED) is 0.574. The van der Waals surface area contributed by atoms with Crippen molar-refractivity contribution in [2.45, 2.75) is 6.92 Å². The lowest BCUT2D eigenvalue weighted by atomic mass is 10.1. The number of aromatic amines is 1. The molecule has 0 saturated carbocycles. The molecule has 0 unspecified atom stereocenters. The molecule has 3 heterocycles. The Morgan fingerprint density at radius 1 is 1.04 bits per heavy atom. The molecule has 0 fully saturated rings. The van der Waals surface area contributed by atoms with Crippen molar-refractivity contribution in [1.29, 1.82) is 0 Å². The van der Waals surface area contributed by atoms with E-state index in [1.54, 1.807) is 12.4 Å². The van der Waals surface area contributed by atoms with E-state index < -0.39 is 0 Å². The molecule has 0 atom stereocenters. The fourth-order valence-electron chi connectivity index (χ4n) is 2.67. The maximum Gasteiger partial charge on any atom is 0.227 e. The average Bonchev–Trinajstić information content (AvgIpc) is 3.08. The molecule has 6 nitrogen and oxygen atoms in total. The number of H-pyrrole nitrogens is 1. The normalized spacial score (nSPS) is 10.8. The van der Waals surface area contributed by atoms with E-state index in [0.717, 1.165) is 33.7 Å². The minimum Gasteiger partial charge on any atom is -0.494 e. The van der Waals surface area contributed by atoms with Crippen LogP contribution in [-0.2, 0) is 0 Å². The summed E-state index contributed by atoms with van der Waals surface area (Å²) in [6, 6.07) is 13.5. The van der Waals surface area contributed by atoms with Crippen molar-refractivity contribution < 1.29 is 4.74 Å². The van der Waals surface area contributed by atoms with Crippen molar-refractivity contribution in [1.82, 2.24) is 19.9 Å². The predicted molar refractivity (Wildman–Crippen MR) is 98.0 cm³/mol. The first-order chi connectivity index (χ1) is 12.3. The van der Waals surface area contributed by atoms with Crippen LogP contribution >= 0.6 is 0 Å². The van der Waals surface area contributed by atoms with Crippen molar-refractivity contribution in [3.05, 3.63) is 61.1 Å². The van der Waals surface area contributed by atoms with Crippen LogP contribution in [0.1, 0.15) is 6.92 Å². The van der Waals surface area contributed by atoms with E-state index in [1.165, 1.54) is 0 Å². The van der Waals surface area contributed by atoms with Crippen LogP contribution in [0.3, 0.4) is 0 Å². The van der Waals surface area contributed by atoms with Crippen molar-refractivity contribution in [2.24, 2.45) is 0 Å². The highest BCUT2D eigenvalue weighted by atomic mass is 16.5. The van der Waals surface area contributed by atoms with Gasteiger partial charge >= 0.3 is 0 Å². The molecule has 0 amide bonds. The van der Waals surface area contributed by atoms with Crippen LogP contribution in [0.2, 0.25) is 0 Å². The number of aromatic nitrogens is 4. The van der Waals surface area contributed by atoms with Crippen molar-refractivity contribution in [2.75, 3.05) is 11.9 Å². The lowest BCUT2D eigenvalue weighted by Crippen LogP contribution is -1.98. The molecular weight excluding hydrogens is 314 g/mol. The van der Waals surface area contributed by atoms with Crippen molar-refractivity contribution >= 4 is 22.7 Å². The number of ether oxygens (including phenoxy) is 1. The third-order valence-corrected chi connectivity index (χ3v) is 3.80. The number of nitrogens with one attached hydrogen (secondary N) is 2. The van der Waals surface area contributed by atoms with Crippen molar-refractivity contribution in [3.63, 3.8) is 0 Å². The van der Waals surface area contributed by atoms with Gasteiger partial charge in [0.05, 0.1) is 12.3 Å². The van der Waals surface area contributed by atoms with Gasteiger partial charge in [-0.25, -0.2) is 15.0 Å². The second kappa shape index (κ2) is 6.60. The summed E-state index contributed by atoms with van der Waals surface area (Å²) in [5.41, 5.74) is 3.58. The van der Waals surface area contributed by atoms with Gasteiger partial charge in [0, 0.05) is 35.2 Å². The number of anilines is 2. The van der Waals surface area contributed by atoms with Gasteiger partial charge in [0.15, 0.2) is 0 Å². The molecule has 0 aliphatic heterocycles. The zero-order chi connectivity index (χ0) is 17.1. The van der Waals surface area contributed by atoms with E-state index in [0.29, 0.717) is 12.6 Å². The monoisotopic (exact) mass is 331 g/mol. The van der Waals surface area contributed by atoms with Crippen molar-refractivity contribution in [3.8, 4) is 17.0 Å². The molecule has 0 aliphatic carbocycles. The number of hydrogen-bond donors (Lipinski definition) is 2. The lowest BCUT2D eigenvalue weighted by molar-refractivity contribution is 0.340. The summed E-state index contributed by atoms with van der Waals surface area (Å²) in [7, 11) is 0. The van der Waals surface area contributed by atoms with Crippen LogP contribution in [0.15, 0.2) is 61.1 Å². The first-order valence-electron chi connectivity index (χ1n) is 8.09. The van der Waals surface area contributed by atoms with E-state index in [4.69, 9.17) is 4.74 Å². The number of hydrogen-bond acceptors (Lipinski definition) is 5. The standard InChI is InChI=1S/C19H17N5O/c1-2-25-14-7-5-13(6-8-14)23-19-21-11-9-17(24-19)16-12-22-18-15(16)4-3-10-20-18/h3-12H,2H2,1H3,(H,20,22)(H,21,23,24). The predicted octanol–water partition coefficient (Wildman–Crippen LogP) is 4.16. The van der Waals surface area contributed by atoms with Crippen LogP contribution in [0.5, 0.6) is 5.75 Å². The van der Waals surface area contributed by atoms with E-state index in [-0.39, 0.29) is 0 Å². The maximum atomic E-state index is 5.45. The van der Waals surface area contributed by atoms with E-state index in [9.17, 15) is 0 Å². The third kappa shape index (κ3) is 3.14. The smallest absolute Gasteiger partial charge is 0.227 e. The van der Waals surface area contributed by atoms with Gasteiger partial charge in [-0.15, -0.1) is 0 Å². The largest absolute Gasteiger partial charge is 0.494 e. The number of benzene rings is 1. The Labute approximate surface area is 144 Å². The van der Waals surface area contributed by atoms with E-state index >= 15 is 0 Å². The third-order valence-electron chi connectivity index (χ3n) is 3.80. The van der Waals surface area contributed by atoms with Gasteiger partial charge in [-0.3, -0.25) is 0 Å². The van der Waals surface area contributed by atoms with Crippen LogP contribution in [0, 0.1) is 0 Å². The summed E-state index contributed by atoms with van der Waals surface area (Å²) in [4.78, 5) is 16.4. The number of fused-ring (bicyclic) bond motifs is 1. The Bertz CT molecular complexity index is 994. The topological polar surface area (TPSA) is 75.7 Å².